The van der Waals surface area contributed by atoms with Gasteiger partial charge in [0.05, 0.1) is 20.8 Å². The largest absolute Gasteiger partial charge is 0.497 e. The summed E-state index contributed by atoms with van der Waals surface area (Å²) in [6, 6.07) is 5.83. The Morgan fingerprint density at radius 2 is 1.95 bits per heavy atom. The Hall–Kier alpha value is -1.26. The molecule has 0 aliphatic rings. The zero-order chi connectivity index (χ0) is 14.3. The summed E-state index contributed by atoms with van der Waals surface area (Å²) in [6.07, 6.45) is 0.947. The molecule has 0 radical (unpaired) electrons. The lowest BCUT2D eigenvalue weighted by atomic mass is 10.0. The topological polar surface area (TPSA) is 50.7 Å². The molecule has 0 saturated heterocycles. The monoisotopic (exact) mass is 267 g/mol. The summed E-state index contributed by atoms with van der Waals surface area (Å²) in [6.45, 7) is 5.09. The predicted molar refractivity (Wildman–Crippen MR) is 76.7 cm³/mol. The first-order valence-electron chi connectivity index (χ1n) is 6.65. The first kappa shape index (κ1) is 15.8. The maximum Gasteiger partial charge on any atom is 0.123 e. The van der Waals surface area contributed by atoms with E-state index in [1.165, 1.54) is 0 Å². The van der Waals surface area contributed by atoms with Gasteiger partial charge in [0.15, 0.2) is 0 Å². The minimum atomic E-state index is 0.107. The van der Waals surface area contributed by atoms with Gasteiger partial charge in [-0.1, -0.05) is 13.8 Å². The summed E-state index contributed by atoms with van der Waals surface area (Å²) in [7, 11) is 3.30. The molecular weight excluding hydrogens is 242 g/mol. The van der Waals surface area contributed by atoms with E-state index in [1.807, 2.05) is 18.2 Å². The minimum Gasteiger partial charge on any atom is -0.497 e. The van der Waals surface area contributed by atoms with Crippen LogP contribution in [0.2, 0.25) is 0 Å². The van der Waals surface area contributed by atoms with Crippen molar-refractivity contribution in [1.29, 1.82) is 0 Å². The number of benzene rings is 1. The van der Waals surface area contributed by atoms with Gasteiger partial charge >= 0.3 is 0 Å². The summed E-state index contributed by atoms with van der Waals surface area (Å²) in [5.41, 5.74) is 1.03. The van der Waals surface area contributed by atoms with Crippen molar-refractivity contribution in [3.8, 4) is 11.5 Å². The van der Waals surface area contributed by atoms with Gasteiger partial charge in [0.1, 0.15) is 11.5 Å². The Labute approximate surface area is 115 Å². The molecule has 0 spiro atoms. The van der Waals surface area contributed by atoms with Gasteiger partial charge in [-0.2, -0.15) is 0 Å². The fourth-order valence-corrected chi connectivity index (χ4v) is 2.07. The van der Waals surface area contributed by atoms with Crippen molar-refractivity contribution in [2.75, 3.05) is 20.8 Å². The smallest absolute Gasteiger partial charge is 0.123 e. The Morgan fingerprint density at radius 3 is 2.47 bits per heavy atom. The van der Waals surface area contributed by atoms with E-state index in [-0.39, 0.29) is 12.6 Å². The zero-order valence-electron chi connectivity index (χ0n) is 12.3. The summed E-state index contributed by atoms with van der Waals surface area (Å²) < 4.78 is 10.6. The quantitative estimate of drug-likeness (QED) is 0.758. The number of aliphatic hydroxyl groups is 1. The number of rotatable bonds is 8. The van der Waals surface area contributed by atoms with E-state index in [1.54, 1.807) is 14.2 Å². The molecule has 0 aromatic heterocycles. The van der Waals surface area contributed by atoms with Crippen LogP contribution in [-0.4, -0.2) is 32.0 Å². The summed E-state index contributed by atoms with van der Waals surface area (Å²) in [4.78, 5) is 0. The highest BCUT2D eigenvalue weighted by Gasteiger charge is 2.11. The van der Waals surface area contributed by atoms with Gasteiger partial charge in [-0.25, -0.2) is 0 Å². The Morgan fingerprint density at radius 1 is 1.21 bits per heavy atom. The molecule has 4 heteroatoms. The highest BCUT2D eigenvalue weighted by molar-refractivity contribution is 5.40. The van der Waals surface area contributed by atoms with E-state index in [0.29, 0.717) is 12.5 Å². The lowest BCUT2D eigenvalue weighted by Crippen LogP contribution is -2.33. The van der Waals surface area contributed by atoms with Crippen molar-refractivity contribution in [3.63, 3.8) is 0 Å². The number of aliphatic hydroxyl groups excluding tert-OH is 1. The molecule has 1 rings (SSSR count). The third-order valence-corrected chi connectivity index (χ3v) is 3.05. The van der Waals surface area contributed by atoms with Gasteiger partial charge in [-0.15, -0.1) is 0 Å². The van der Waals surface area contributed by atoms with Crippen molar-refractivity contribution in [3.05, 3.63) is 23.8 Å². The van der Waals surface area contributed by atoms with E-state index in [4.69, 9.17) is 9.47 Å². The lowest BCUT2D eigenvalue weighted by molar-refractivity contribution is 0.223. The molecule has 0 aliphatic heterocycles. The Bertz CT molecular complexity index is 380. The number of ether oxygens (including phenoxy) is 2. The van der Waals surface area contributed by atoms with Crippen LogP contribution in [-0.2, 0) is 6.54 Å². The van der Waals surface area contributed by atoms with Crippen LogP contribution in [0, 0.1) is 5.92 Å². The molecule has 1 aromatic carbocycles. The normalized spacial score (nSPS) is 12.5. The maximum atomic E-state index is 9.36. The third kappa shape index (κ3) is 5.09. The second kappa shape index (κ2) is 8.02. The van der Waals surface area contributed by atoms with Gasteiger partial charge < -0.3 is 19.9 Å². The van der Waals surface area contributed by atoms with Gasteiger partial charge in [0, 0.05) is 18.2 Å². The van der Waals surface area contributed by atoms with E-state index in [2.05, 4.69) is 19.2 Å². The molecule has 0 bridgehead atoms. The van der Waals surface area contributed by atoms with Crippen LogP contribution in [0.5, 0.6) is 11.5 Å². The van der Waals surface area contributed by atoms with Crippen LogP contribution < -0.4 is 14.8 Å². The van der Waals surface area contributed by atoms with Crippen LogP contribution in [0.15, 0.2) is 18.2 Å². The third-order valence-electron chi connectivity index (χ3n) is 3.05. The van der Waals surface area contributed by atoms with Crippen LogP contribution in [0.3, 0.4) is 0 Å². The fraction of sp³-hybridized carbons (Fsp3) is 0.600. The minimum absolute atomic E-state index is 0.107. The maximum absolute atomic E-state index is 9.36. The average Bonchev–Trinajstić information content (AvgIpc) is 2.42. The molecular formula is C15H25NO3. The van der Waals surface area contributed by atoms with Crippen molar-refractivity contribution in [1.82, 2.24) is 5.32 Å². The second-order valence-electron chi connectivity index (χ2n) is 5.07. The Kier molecular flexibility index (Phi) is 6.67. The second-order valence-corrected chi connectivity index (χ2v) is 5.07. The summed E-state index contributed by atoms with van der Waals surface area (Å²) in [5.74, 6) is 2.19. The first-order valence-corrected chi connectivity index (χ1v) is 6.65. The number of hydrogen-bond acceptors (Lipinski definition) is 4. The van der Waals surface area contributed by atoms with Gasteiger partial charge in [0.2, 0.25) is 0 Å². The van der Waals surface area contributed by atoms with Crippen molar-refractivity contribution in [2.24, 2.45) is 5.92 Å². The molecule has 1 atom stereocenters. The van der Waals surface area contributed by atoms with Crippen molar-refractivity contribution in [2.45, 2.75) is 32.9 Å². The van der Waals surface area contributed by atoms with E-state index < -0.39 is 0 Å². The average molecular weight is 267 g/mol. The van der Waals surface area contributed by atoms with Crippen LogP contribution >= 0.6 is 0 Å². The molecule has 0 heterocycles. The molecule has 1 unspecified atom stereocenters. The van der Waals surface area contributed by atoms with Crippen LogP contribution in [0.25, 0.3) is 0 Å². The fourth-order valence-electron chi connectivity index (χ4n) is 2.07. The molecule has 0 amide bonds. The molecule has 0 aliphatic carbocycles. The van der Waals surface area contributed by atoms with Crippen molar-refractivity contribution >= 4 is 0 Å². The zero-order valence-corrected chi connectivity index (χ0v) is 12.3. The summed E-state index contributed by atoms with van der Waals surface area (Å²) >= 11 is 0. The van der Waals surface area contributed by atoms with Crippen LogP contribution in [0.1, 0.15) is 25.8 Å². The highest BCUT2D eigenvalue weighted by Crippen LogP contribution is 2.24. The first-order chi connectivity index (χ1) is 9.10. The molecule has 4 nitrogen and oxygen atoms in total. The molecule has 19 heavy (non-hydrogen) atoms. The molecule has 2 N–H and O–H groups in total. The van der Waals surface area contributed by atoms with Gasteiger partial charge in [-0.3, -0.25) is 0 Å². The van der Waals surface area contributed by atoms with Gasteiger partial charge in [-0.05, 0) is 30.5 Å². The highest BCUT2D eigenvalue weighted by atomic mass is 16.5. The van der Waals surface area contributed by atoms with E-state index in [9.17, 15) is 5.11 Å². The van der Waals surface area contributed by atoms with Crippen molar-refractivity contribution < 1.29 is 14.6 Å². The molecule has 0 saturated carbocycles. The predicted octanol–water partition coefficient (Wildman–Crippen LogP) is 2.20. The molecule has 0 fully saturated rings. The van der Waals surface area contributed by atoms with Crippen LogP contribution in [0.4, 0.5) is 0 Å². The molecule has 108 valence electrons. The standard InChI is InChI=1S/C15H25NO3/c1-11(2)7-13(10-17)16-9-12-8-14(18-3)5-6-15(12)19-4/h5-6,8,11,13,16-17H,7,9-10H2,1-4H3. The van der Waals surface area contributed by atoms with E-state index in [0.717, 1.165) is 23.5 Å². The Balaban J connectivity index is 2.69. The lowest BCUT2D eigenvalue weighted by Gasteiger charge is -2.19. The number of hydrogen-bond donors (Lipinski definition) is 2. The molecule has 1 aromatic rings. The van der Waals surface area contributed by atoms with Gasteiger partial charge in [0.25, 0.3) is 0 Å². The van der Waals surface area contributed by atoms with E-state index >= 15 is 0 Å². The summed E-state index contributed by atoms with van der Waals surface area (Å²) in [5, 5.41) is 12.7. The number of methoxy groups -OCH3 is 2. The SMILES string of the molecule is COc1ccc(OC)c(CNC(CO)CC(C)C)c1. The number of nitrogens with one attached hydrogen (secondary N) is 1.